The molecule has 0 amide bonds. The highest BCUT2D eigenvalue weighted by molar-refractivity contribution is 9.13. The fourth-order valence-corrected chi connectivity index (χ4v) is 3.02. The van der Waals surface area contributed by atoms with Crippen molar-refractivity contribution in [3.63, 3.8) is 0 Å². The van der Waals surface area contributed by atoms with E-state index >= 15 is 0 Å². The van der Waals surface area contributed by atoms with Gasteiger partial charge in [0.1, 0.15) is 5.76 Å². The van der Waals surface area contributed by atoms with Gasteiger partial charge < -0.3 is 10.2 Å². The van der Waals surface area contributed by atoms with Gasteiger partial charge in [0.2, 0.25) is 0 Å². The molecule has 2 heterocycles. The molecule has 1 aromatic heterocycles. The molecule has 3 nitrogen and oxygen atoms in total. The van der Waals surface area contributed by atoms with Crippen LogP contribution in [-0.2, 0) is 0 Å². The molecule has 1 saturated heterocycles. The van der Waals surface area contributed by atoms with Gasteiger partial charge in [0.15, 0.2) is 4.67 Å². The van der Waals surface area contributed by atoms with Crippen LogP contribution in [0, 0.1) is 5.41 Å². The Balaban J connectivity index is 2.10. The summed E-state index contributed by atoms with van der Waals surface area (Å²) in [5.74, 6) is 0.941. The molecule has 2 rings (SSSR count). The molecule has 1 aliphatic rings. The fraction of sp³-hybridized carbons (Fsp3) is 0.692. The van der Waals surface area contributed by atoms with Crippen molar-refractivity contribution in [2.75, 3.05) is 19.6 Å². The molecule has 5 heteroatoms. The van der Waals surface area contributed by atoms with E-state index in [1.165, 1.54) is 12.8 Å². The van der Waals surface area contributed by atoms with E-state index in [4.69, 9.17) is 10.2 Å². The molecule has 1 atom stereocenters. The molecule has 1 aromatic rings. The van der Waals surface area contributed by atoms with Crippen LogP contribution >= 0.6 is 31.9 Å². The minimum atomic E-state index is 0.184. The molecule has 1 unspecified atom stereocenters. The number of furan rings is 1. The lowest BCUT2D eigenvalue weighted by Gasteiger charge is -2.40. The lowest BCUT2D eigenvalue weighted by molar-refractivity contribution is 0.0866. The second-order valence-electron chi connectivity index (χ2n) is 5.72. The Morgan fingerprint density at radius 2 is 2.00 bits per heavy atom. The van der Waals surface area contributed by atoms with Gasteiger partial charge in [0.05, 0.1) is 10.5 Å². The fourth-order valence-electron chi connectivity index (χ4n) is 2.41. The molecule has 1 fully saturated rings. The first-order valence-corrected chi connectivity index (χ1v) is 7.90. The molecule has 102 valence electrons. The summed E-state index contributed by atoms with van der Waals surface area (Å²) in [5, 5.41) is 0. The Labute approximate surface area is 125 Å². The molecule has 0 saturated carbocycles. The third-order valence-corrected chi connectivity index (χ3v) is 5.52. The molecule has 0 spiro atoms. The maximum atomic E-state index is 5.93. The Hall–Kier alpha value is 0.160. The van der Waals surface area contributed by atoms with E-state index < -0.39 is 0 Å². The highest BCUT2D eigenvalue weighted by Gasteiger charge is 2.31. The third kappa shape index (κ3) is 3.18. The van der Waals surface area contributed by atoms with Crippen molar-refractivity contribution in [1.82, 2.24) is 4.90 Å². The predicted octanol–water partition coefficient (Wildman–Crippen LogP) is 3.93. The van der Waals surface area contributed by atoms with Crippen molar-refractivity contribution in [1.29, 1.82) is 0 Å². The van der Waals surface area contributed by atoms with Crippen LogP contribution in [0.1, 0.15) is 38.5 Å². The van der Waals surface area contributed by atoms with Gasteiger partial charge in [-0.25, -0.2) is 0 Å². The number of nitrogens with two attached hydrogens (primary N) is 1. The van der Waals surface area contributed by atoms with Crippen LogP contribution in [0.3, 0.4) is 0 Å². The first kappa shape index (κ1) is 14.6. The highest BCUT2D eigenvalue weighted by atomic mass is 79.9. The van der Waals surface area contributed by atoms with E-state index in [1.54, 1.807) is 0 Å². The number of hydrogen-bond acceptors (Lipinski definition) is 3. The Bertz CT molecular complexity index is 388. The minimum Gasteiger partial charge on any atom is -0.451 e. The van der Waals surface area contributed by atoms with Crippen molar-refractivity contribution in [3.05, 3.63) is 21.0 Å². The monoisotopic (exact) mass is 378 g/mol. The van der Waals surface area contributed by atoms with E-state index in [0.29, 0.717) is 12.0 Å². The lowest BCUT2D eigenvalue weighted by Crippen LogP contribution is -2.42. The number of likely N-dealkylation sites (tertiary alicyclic amines) is 1. The molecule has 18 heavy (non-hydrogen) atoms. The van der Waals surface area contributed by atoms with Crippen molar-refractivity contribution in [2.45, 2.75) is 32.7 Å². The average Bonchev–Trinajstić information content (AvgIpc) is 2.62. The average molecular weight is 380 g/mol. The number of nitrogens with zero attached hydrogens (tertiary/aromatic N) is 1. The van der Waals surface area contributed by atoms with E-state index in [-0.39, 0.29) is 6.04 Å². The summed E-state index contributed by atoms with van der Waals surface area (Å²) in [6.45, 7) is 7.44. The second kappa shape index (κ2) is 5.65. The Kier molecular flexibility index (Phi) is 4.57. The van der Waals surface area contributed by atoms with Gasteiger partial charge in [0, 0.05) is 6.54 Å². The quantitative estimate of drug-likeness (QED) is 0.865. The van der Waals surface area contributed by atoms with Gasteiger partial charge >= 0.3 is 0 Å². The SMILES string of the molecule is CC1(C)CCN(C(CN)c2cc(Br)c(Br)o2)CC1. The standard InChI is InChI=1S/C13H20Br2N2O/c1-13(2)3-5-17(6-4-13)10(8-16)11-7-9(14)12(15)18-11/h7,10H,3-6,8,16H2,1-2H3. The van der Waals surface area contributed by atoms with Crippen LogP contribution in [0.15, 0.2) is 19.6 Å². The maximum absolute atomic E-state index is 5.93. The summed E-state index contributed by atoms with van der Waals surface area (Å²) in [5.41, 5.74) is 6.39. The molecule has 0 radical (unpaired) electrons. The van der Waals surface area contributed by atoms with E-state index in [1.807, 2.05) is 6.07 Å². The minimum absolute atomic E-state index is 0.184. The van der Waals surface area contributed by atoms with Crippen molar-refractivity contribution in [2.24, 2.45) is 11.1 Å². The van der Waals surface area contributed by atoms with E-state index in [0.717, 1.165) is 28.0 Å². The molecule has 0 bridgehead atoms. The zero-order valence-electron chi connectivity index (χ0n) is 10.9. The molecular formula is C13H20Br2N2O. The smallest absolute Gasteiger partial charge is 0.183 e. The van der Waals surface area contributed by atoms with E-state index in [2.05, 4.69) is 50.6 Å². The molecule has 0 aliphatic carbocycles. The topological polar surface area (TPSA) is 42.4 Å². The summed E-state index contributed by atoms with van der Waals surface area (Å²) in [6.07, 6.45) is 2.43. The third-order valence-electron chi connectivity index (χ3n) is 3.81. The van der Waals surface area contributed by atoms with Gasteiger partial charge in [-0.15, -0.1) is 0 Å². The first-order chi connectivity index (χ1) is 8.43. The van der Waals surface area contributed by atoms with Gasteiger partial charge in [-0.05, 0) is 69.3 Å². The number of halogens is 2. The van der Waals surface area contributed by atoms with Gasteiger partial charge in [-0.2, -0.15) is 0 Å². The molecule has 0 aromatic carbocycles. The van der Waals surface area contributed by atoms with Crippen LogP contribution < -0.4 is 5.73 Å². The number of piperidine rings is 1. The molecule has 2 N–H and O–H groups in total. The van der Waals surface area contributed by atoms with Crippen LogP contribution in [0.25, 0.3) is 0 Å². The summed E-state index contributed by atoms with van der Waals surface area (Å²) in [4.78, 5) is 2.43. The molecule has 1 aliphatic heterocycles. The summed E-state index contributed by atoms with van der Waals surface area (Å²) in [6, 6.07) is 2.20. The lowest BCUT2D eigenvalue weighted by atomic mass is 9.82. The van der Waals surface area contributed by atoms with Crippen LogP contribution in [0.5, 0.6) is 0 Å². The zero-order chi connectivity index (χ0) is 13.3. The van der Waals surface area contributed by atoms with Gasteiger partial charge in [0.25, 0.3) is 0 Å². The van der Waals surface area contributed by atoms with Crippen LogP contribution in [0.4, 0.5) is 0 Å². The zero-order valence-corrected chi connectivity index (χ0v) is 14.1. The van der Waals surface area contributed by atoms with Crippen molar-refractivity contribution < 1.29 is 4.42 Å². The highest BCUT2D eigenvalue weighted by Crippen LogP contribution is 2.36. The molecular weight excluding hydrogens is 360 g/mol. The maximum Gasteiger partial charge on any atom is 0.183 e. The second-order valence-corrected chi connectivity index (χ2v) is 7.30. The number of hydrogen-bond donors (Lipinski definition) is 1. The summed E-state index contributed by atoms with van der Waals surface area (Å²) in [7, 11) is 0. The van der Waals surface area contributed by atoms with Crippen molar-refractivity contribution >= 4 is 31.9 Å². The first-order valence-electron chi connectivity index (χ1n) is 6.32. The Morgan fingerprint density at radius 1 is 1.39 bits per heavy atom. The normalized spacial score (nSPS) is 22.1. The predicted molar refractivity (Wildman–Crippen MR) is 80.5 cm³/mol. The van der Waals surface area contributed by atoms with Crippen molar-refractivity contribution in [3.8, 4) is 0 Å². The van der Waals surface area contributed by atoms with Gasteiger partial charge in [-0.3, -0.25) is 4.90 Å². The van der Waals surface area contributed by atoms with Gasteiger partial charge in [-0.1, -0.05) is 13.8 Å². The Morgan fingerprint density at radius 3 is 2.44 bits per heavy atom. The summed E-state index contributed by atoms with van der Waals surface area (Å²) < 4.78 is 7.42. The number of rotatable bonds is 3. The van der Waals surface area contributed by atoms with Crippen LogP contribution in [-0.4, -0.2) is 24.5 Å². The van der Waals surface area contributed by atoms with E-state index in [9.17, 15) is 0 Å². The largest absolute Gasteiger partial charge is 0.451 e. The summed E-state index contributed by atoms with van der Waals surface area (Å²) >= 11 is 6.84. The van der Waals surface area contributed by atoms with Crippen LogP contribution in [0.2, 0.25) is 0 Å².